The molecular formula is C15H17N3O5S. The van der Waals surface area contributed by atoms with Crippen LogP contribution in [0.15, 0.2) is 11.1 Å². The molecule has 2 aromatic heterocycles. The van der Waals surface area contributed by atoms with Crippen molar-refractivity contribution in [3.8, 4) is 0 Å². The maximum Gasteiger partial charge on any atom is 0.306 e. The van der Waals surface area contributed by atoms with Crippen molar-refractivity contribution in [2.24, 2.45) is 7.05 Å². The molecule has 0 aliphatic carbocycles. The highest BCUT2D eigenvalue weighted by molar-refractivity contribution is 7.20. The molecule has 128 valence electrons. The molecule has 1 fully saturated rings. The average molecular weight is 351 g/mol. The van der Waals surface area contributed by atoms with Gasteiger partial charge in [-0.1, -0.05) is 0 Å². The molecule has 3 rings (SSSR count). The molecule has 0 spiro atoms. The summed E-state index contributed by atoms with van der Waals surface area (Å²) in [6, 6.07) is 0. The average Bonchev–Trinajstić information content (AvgIpc) is 2.87. The quantitative estimate of drug-likeness (QED) is 0.870. The molecule has 1 saturated heterocycles. The Hall–Kier alpha value is -2.26. The lowest BCUT2D eigenvalue weighted by molar-refractivity contribution is -0.141. The van der Waals surface area contributed by atoms with Crippen LogP contribution in [-0.2, 0) is 16.6 Å². The molecule has 3 heterocycles. The minimum atomic E-state index is -0.958. The van der Waals surface area contributed by atoms with E-state index in [1.54, 1.807) is 18.9 Å². The summed E-state index contributed by atoms with van der Waals surface area (Å²) in [7, 11) is 1.62. The molecule has 0 radical (unpaired) electrons. The second-order valence-corrected chi connectivity index (χ2v) is 6.74. The van der Waals surface area contributed by atoms with Gasteiger partial charge in [0.2, 0.25) is 0 Å². The molecule has 0 aromatic carbocycles. The minimum absolute atomic E-state index is 0.142. The van der Waals surface area contributed by atoms with Gasteiger partial charge in [-0.15, -0.1) is 11.3 Å². The fourth-order valence-electron chi connectivity index (χ4n) is 2.78. The Bertz CT molecular complexity index is 872. The zero-order valence-corrected chi connectivity index (χ0v) is 14.1. The van der Waals surface area contributed by atoms with Crippen molar-refractivity contribution in [3.05, 3.63) is 27.1 Å². The third kappa shape index (κ3) is 2.92. The van der Waals surface area contributed by atoms with E-state index in [1.165, 1.54) is 22.2 Å². The summed E-state index contributed by atoms with van der Waals surface area (Å²) in [5.74, 6) is -1.17. The van der Waals surface area contributed by atoms with Crippen LogP contribution in [0.4, 0.5) is 0 Å². The van der Waals surface area contributed by atoms with Gasteiger partial charge >= 0.3 is 5.97 Å². The number of nitrogens with zero attached hydrogens (tertiary/aromatic N) is 3. The van der Waals surface area contributed by atoms with Gasteiger partial charge in [-0.05, 0) is 12.5 Å². The molecule has 1 unspecified atom stereocenters. The Labute approximate surface area is 141 Å². The van der Waals surface area contributed by atoms with E-state index in [9.17, 15) is 14.4 Å². The lowest BCUT2D eigenvalue weighted by atomic mass is 10.1. The van der Waals surface area contributed by atoms with Crippen LogP contribution in [0.5, 0.6) is 0 Å². The van der Waals surface area contributed by atoms with Crippen LogP contribution in [0.3, 0.4) is 0 Å². The van der Waals surface area contributed by atoms with Crippen LogP contribution in [0.1, 0.15) is 21.7 Å². The number of hydrogen-bond donors (Lipinski definition) is 1. The number of ether oxygens (including phenoxy) is 1. The maximum absolute atomic E-state index is 12.8. The first-order valence-electron chi connectivity index (χ1n) is 7.46. The second kappa shape index (κ2) is 6.33. The standard InChI is InChI=1S/C15H17N3O5S/c1-8-11-13(16-7-17(2)14(11)21)24-12(8)15(22)18-3-4-23-9(6-18)5-10(19)20/h7,9H,3-6H2,1-2H3,(H,19,20). The fraction of sp³-hybridized carbons (Fsp3) is 0.467. The summed E-state index contributed by atoms with van der Waals surface area (Å²) < 4.78 is 6.77. The summed E-state index contributed by atoms with van der Waals surface area (Å²) >= 11 is 1.19. The summed E-state index contributed by atoms with van der Waals surface area (Å²) in [4.78, 5) is 42.7. The minimum Gasteiger partial charge on any atom is -0.481 e. The highest BCUT2D eigenvalue weighted by Crippen LogP contribution is 2.28. The van der Waals surface area contributed by atoms with Gasteiger partial charge in [0, 0.05) is 20.1 Å². The molecular weight excluding hydrogens is 334 g/mol. The van der Waals surface area contributed by atoms with Crippen LogP contribution in [0.2, 0.25) is 0 Å². The normalized spacial score (nSPS) is 18.1. The van der Waals surface area contributed by atoms with Crippen LogP contribution < -0.4 is 5.56 Å². The zero-order valence-electron chi connectivity index (χ0n) is 13.3. The number of carbonyl (C=O) groups excluding carboxylic acids is 1. The molecule has 1 aliphatic rings. The van der Waals surface area contributed by atoms with Crippen molar-refractivity contribution in [2.45, 2.75) is 19.4 Å². The van der Waals surface area contributed by atoms with Crippen LogP contribution >= 0.6 is 11.3 Å². The number of hydrogen-bond acceptors (Lipinski definition) is 6. The van der Waals surface area contributed by atoms with E-state index in [-0.39, 0.29) is 24.4 Å². The number of thiophene rings is 1. The van der Waals surface area contributed by atoms with Gasteiger partial charge in [0.05, 0.1) is 35.7 Å². The number of carboxylic acid groups (broad SMARTS) is 1. The van der Waals surface area contributed by atoms with Gasteiger partial charge in [0.25, 0.3) is 11.5 Å². The number of aliphatic carboxylic acids is 1. The first-order chi connectivity index (χ1) is 11.4. The number of aromatic nitrogens is 2. The third-order valence-corrected chi connectivity index (χ3v) is 5.22. The molecule has 0 saturated carbocycles. The first kappa shape index (κ1) is 16.6. The largest absolute Gasteiger partial charge is 0.481 e. The number of morpholine rings is 1. The summed E-state index contributed by atoms with van der Waals surface area (Å²) in [6.07, 6.45) is 0.782. The fourth-order valence-corrected chi connectivity index (χ4v) is 3.89. The Morgan fingerprint density at radius 3 is 2.96 bits per heavy atom. The number of rotatable bonds is 3. The lowest BCUT2D eigenvalue weighted by Crippen LogP contribution is -2.46. The van der Waals surface area contributed by atoms with Crippen molar-refractivity contribution in [1.29, 1.82) is 0 Å². The molecule has 2 aromatic rings. The summed E-state index contributed by atoms with van der Waals surface area (Å²) in [6.45, 7) is 2.66. The van der Waals surface area contributed by atoms with Gasteiger partial charge in [-0.25, -0.2) is 4.98 Å². The van der Waals surface area contributed by atoms with E-state index in [0.29, 0.717) is 33.8 Å². The SMILES string of the molecule is Cc1c(C(=O)N2CCOC(CC(=O)O)C2)sc2ncn(C)c(=O)c12. The van der Waals surface area contributed by atoms with Gasteiger partial charge in [0.1, 0.15) is 4.83 Å². The molecule has 0 bridgehead atoms. The molecule has 8 nitrogen and oxygen atoms in total. The second-order valence-electron chi connectivity index (χ2n) is 5.74. The number of carbonyl (C=O) groups is 2. The lowest BCUT2D eigenvalue weighted by Gasteiger charge is -2.32. The van der Waals surface area contributed by atoms with Gasteiger partial charge in [-0.3, -0.25) is 14.4 Å². The third-order valence-electron chi connectivity index (χ3n) is 4.03. The Kier molecular flexibility index (Phi) is 4.37. The number of fused-ring (bicyclic) bond motifs is 1. The van der Waals surface area contributed by atoms with E-state index in [0.717, 1.165) is 0 Å². The van der Waals surface area contributed by atoms with E-state index in [4.69, 9.17) is 9.84 Å². The zero-order chi connectivity index (χ0) is 17.4. The van der Waals surface area contributed by atoms with Gasteiger partial charge in [0.15, 0.2) is 0 Å². The van der Waals surface area contributed by atoms with E-state index >= 15 is 0 Å². The van der Waals surface area contributed by atoms with E-state index in [1.807, 2.05) is 0 Å². The highest BCUT2D eigenvalue weighted by atomic mass is 32.1. The smallest absolute Gasteiger partial charge is 0.306 e. The van der Waals surface area contributed by atoms with E-state index < -0.39 is 12.1 Å². The predicted octanol–water partition coefficient (Wildman–Crippen LogP) is 0.619. The van der Waals surface area contributed by atoms with Crippen molar-refractivity contribution in [2.75, 3.05) is 19.7 Å². The van der Waals surface area contributed by atoms with Crippen molar-refractivity contribution < 1.29 is 19.4 Å². The van der Waals surface area contributed by atoms with Crippen molar-refractivity contribution in [3.63, 3.8) is 0 Å². The Morgan fingerprint density at radius 2 is 2.25 bits per heavy atom. The molecule has 1 atom stereocenters. The predicted molar refractivity (Wildman–Crippen MR) is 87.5 cm³/mol. The molecule has 24 heavy (non-hydrogen) atoms. The Balaban J connectivity index is 1.91. The van der Waals surface area contributed by atoms with Gasteiger partial charge in [-0.2, -0.15) is 0 Å². The van der Waals surface area contributed by atoms with Crippen molar-refractivity contribution in [1.82, 2.24) is 14.5 Å². The van der Waals surface area contributed by atoms with Gasteiger partial charge < -0.3 is 19.3 Å². The van der Waals surface area contributed by atoms with Crippen LogP contribution in [0, 0.1) is 6.92 Å². The number of amides is 1. The summed E-state index contributed by atoms with van der Waals surface area (Å²) in [5.41, 5.74) is 0.438. The molecule has 1 amide bonds. The van der Waals surface area contributed by atoms with Crippen molar-refractivity contribution >= 4 is 33.4 Å². The highest BCUT2D eigenvalue weighted by Gasteiger charge is 2.29. The number of carboxylic acids is 1. The molecule has 1 N–H and O–H groups in total. The molecule has 1 aliphatic heterocycles. The maximum atomic E-state index is 12.8. The monoisotopic (exact) mass is 351 g/mol. The first-order valence-corrected chi connectivity index (χ1v) is 8.27. The topological polar surface area (TPSA) is 102 Å². The Morgan fingerprint density at radius 1 is 1.50 bits per heavy atom. The van der Waals surface area contributed by atoms with Crippen LogP contribution in [-0.4, -0.2) is 57.2 Å². The molecule has 9 heteroatoms. The van der Waals surface area contributed by atoms with E-state index in [2.05, 4.69) is 4.98 Å². The van der Waals surface area contributed by atoms with Crippen LogP contribution in [0.25, 0.3) is 10.2 Å². The summed E-state index contributed by atoms with van der Waals surface area (Å²) in [5, 5.41) is 9.34. The number of aryl methyl sites for hydroxylation is 2.